The molecule has 0 saturated carbocycles. The van der Waals surface area contributed by atoms with Gasteiger partial charge in [-0.25, -0.2) is 4.90 Å². The van der Waals surface area contributed by atoms with Crippen LogP contribution in [0.4, 0.5) is 5.69 Å². The average molecular weight is 344 g/mol. The maximum atomic E-state index is 12.6. The van der Waals surface area contributed by atoms with Crippen LogP contribution >= 0.6 is 15.9 Å². The van der Waals surface area contributed by atoms with Gasteiger partial charge in [-0.05, 0) is 45.8 Å². The first kappa shape index (κ1) is 13.6. The number of para-hydroxylation sites is 1. The third-order valence-electron chi connectivity index (χ3n) is 3.20. The second kappa shape index (κ2) is 5.18. The SMILES string of the molecule is O=C1C(Br)=C(c2ccc(O)cc2)C(=O)N1c1ccccc1. The molecule has 2 aromatic carbocycles. The fourth-order valence-corrected chi connectivity index (χ4v) is 2.77. The van der Waals surface area contributed by atoms with E-state index in [-0.39, 0.29) is 16.1 Å². The van der Waals surface area contributed by atoms with Crippen LogP contribution in [0.2, 0.25) is 0 Å². The van der Waals surface area contributed by atoms with Gasteiger partial charge in [-0.1, -0.05) is 30.3 Å². The quantitative estimate of drug-likeness (QED) is 0.852. The number of aromatic hydroxyl groups is 1. The number of imide groups is 1. The summed E-state index contributed by atoms with van der Waals surface area (Å²) in [6.45, 7) is 0. The topological polar surface area (TPSA) is 57.6 Å². The largest absolute Gasteiger partial charge is 0.508 e. The van der Waals surface area contributed by atoms with Gasteiger partial charge < -0.3 is 5.11 Å². The van der Waals surface area contributed by atoms with E-state index in [0.717, 1.165) is 4.90 Å². The second-order valence-corrected chi connectivity index (χ2v) is 5.31. The van der Waals surface area contributed by atoms with Gasteiger partial charge in [0.05, 0.1) is 15.7 Å². The molecule has 0 saturated heterocycles. The number of hydrogen-bond donors (Lipinski definition) is 1. The van der Waals surface area contributed by atoms with E-state index in [1.165, 1.54) is 12.1 Å². The second-order valence-electron chi connectivity index (χ2n) is 4.52. The van der Waals surface area contributed by atoms with Crippen molar-refractivity contribution in [1.29, 1.82) is 0 Å². The van der Waals surface area contributed by atoms with Crippen molar-refractivity contribution in [3.05, 3.63) is 64.6 Å². The van der Waals surface area contributed by atoms with Gasteiger partial charge in [0.1, 0.15) is 5.75 Å². The van der Waals surface area contributed by atoms with Crippen molar-refractivity contribution >= 4 is 39.0 Å². The van der Waals surface area contributed by atoms with Crippen molar-refractivity contribution in [2.24, 2.45) is 0 Å². The van der Waals surface area contributed by atoms with Crippen LogP contribution in [0.1, 0.15) is 5.56 Å². The summed E-state index contributed by atoms with van der Waals surface area (Å²) in [5, 5.41) is 9.32. The standard InChI is InChI=1S/C16H10BrNO3/c17-14-13(10-6-8-12(19)9-7-10)15(20)18(16(14)21)11-4-2-1-3-5-11/h1-9,19H. The number of amides is 2. The normalized spacial score (nSPS) is 15.0. The summed E-state index contributed by atoms with van der Waals surface area (Å²) in [6, 6.07) is 14.9. The molecule has 1 heterocycles. The molecule has 1 N–H and O–H groups in total. The molecule has 5 heteroatoms. The summed E-state index contributed by atoms with van der Waals surface area (Å²) in [4.78, 5) is 26.0. The minimum absolute atomic E-state index is 0.104. The Morgan fingerprint density at radius 1 is 0.857 bits per heavy atom. The number of hydrogen-bond acceptors (Lipinski definition) is 3. The number of phenols is 1. The lowest BCUT2D eigenvalue weighted by atomic mass is 10.1. The summed E-state index contributed by atoms with van der Waals surface area (Å²) >= 11 is 3.21. The molecule has 104 valence electrons. The van der Waals surface area contributed by atoms with Crippen molar-refractivity contribution in [2.75, 3.05) is 4.90 Å². The molecule has 1 aliphatic rings. The number of nitrogens with zero attached hydrogens (tertiary/aromatic N) is 1. The van der Waals surface area contributed by atoms with Gasteiger partial charge in [0.25, 0.3) is 11.8 Å². The molecule has 0 bridgehead atoms. The van der Waals surface area contributed by atoms with Crippen LogP contribution in [-0.2, 0) is 9.59 Å². The van der Waals surface area contributed by atoms with Gasteiger partial charge >= 0.3 is 0 Å². The van der Waals surface area contributed by atoms with Crippen LogP contribution in [0.25, 0.3) is 5.57 Å². The van der Waals surface area contributed by atoms with E-state index >= 15 is 0 Å². The van der Waals surface area contributed by atoms with E-state index in [9.17, 15) is 14.7 Å². The van der Waals surface area contributed by atoms with Gasteiger partial charge in [0, 0.05) is 0 Å². The van der Waals surface area contributed by atoms with Crippen molar-refractivity contribution in [2.45, 2.75) is 0 Å². The van der Waals surface area contributed by atoms with E-state index in [4.69, 9.17) is 0 Å². The summed E-state index contributed by atoms with van der Waals surface area (Å²) in [6.07, 6.45) is 0. The van der Waals surface area contributed by atoms with E-state index in [0.29, 0.717) is 16.8 Å². The van der Waals surface area contributed by atoms with Crippen LogP contribution < -0.4 is 4.90 Å². The highest BCUT2D eigenvalue weighted by molar-refractivity contribution is 9.12. The highest BCUT2D eigenvalue weighted by atomic mass is 79.9. The van der Waals surface area contributed by atoms with E-state index in [1.807, 2.05) is 6.07 Å². The zero-order valence-corrected chi connectivity index (χ0v) is 12.4. The molecule has 0 atom stereocenters. The van der Waals surface area contributed by atoms with E-state index in [2.05, 4.69) is 15.9 Å². The van der Waals surface area contributed by atoms with Gasteiger partial charge in [-0.3, -0.25) is 9.59 Å². The fraction of sp³-hybridized carbons (Fsp3) is 0. The minimum atomic E-state index is -0.394. The highest BCUT2D eigenvalue weighted by Crippen LogP contribution is 2.35. The smallest absolute Gasteiger partial charge is 0.273 e. The van der Waals surface area contributed by atoms with Crippen LogP contribution in [0.5, 0.6) is 5.75 Å². The summed E-state index contributed by atoms with van der Waals surface area (Å²) in [5.74, 6) is -0.676. The number of halogens is 1. The zero-order valence-electron chi connectivity index (χ0n) is 10.8. The number of anilines is 1. The molecule has 0 aliphatic carbocycles. The molecular weight excluding hydrogens is 334 g/mol. The predicted octanol–water partition coefficient (Wildman–Crippen LogP) is 3.07. The van der Waals surface area contributed by atoms with Gasteiger partial charge in [-0.15, -0.1) is 0 Å². The molecule has 0 spiro atoms. The van der Waals surface area contributed by atoms with Gasteiger partial charge in [0.2, 0.25) is 0 Å². The number of carbonyl (C=O) groups is 2. The summed E-state index contributed by atoms with van der Waals surface area (Å²) < 4.78 is 0.224. The maximum absolute atomic E-state index is 12.6. The van der Waals surface area contributed by atoms with Crippen LogP contribution in [-0.4, -0.2) is 16.9 Å². The first-order valence-electron chi connectivity index (χ1n) is 6.22. The van der Waals surface area contributed by atoms with Crippen LogP contribution in [0.3, 0.4) is 0 Å². The predicted molar refractivity (Wildman–Crippen MR) is 82.9 cm³/mol. The van der Waals surface area contributed by atoms with Crippen molar-refractivity contribution in [1.82, 2.24) is 0 Å². The number of carbonyl (C=O) groups excluding carboxylic acids is 2. The Bertz CT molecular complexity index is 751. The monoisotopic (exact) mass is 343 g/mol. The van der Waals surface area contributed by atoms with Crippen molar-refractivity contribution in [3.63, 3.8) is 0 Å². The molecule has 2 amide bonds. The lowest BCUT2D eigenvalue weighted by Gasteiger charge is -2.14. The zero-order chi connectivity index (χ0) is 15.0. The number of phenolic OH excluding ortho intramolecular Hbond substituents is 1. The Morgan fingerprint density at radius 3 is 2.10 bits per heavy atom. The van der Waals surface area contributed by atoms with Crippen LogP contribution in [0.15, 0.2) is 59.1 Å². The summed E-state index contributed by atoms with van der Waals surface area (Å²) in [5.41, 5.74) is 1.40. The van der Waals surface area contributed by atoms with Crippen LogP contribution in [0, 0.1) is 0 Å². The molecule has 2 aromatic rings. The molecule has 0 unspecified atom stereocenters. The fourth-order valence-electron chi connectivity index (χ4n) is 2.19. The first-order valence-corrected chi connectivity index (χ1v) is 7.02. The molecule has 0 aromatic heterocycles. The molecule has 1 aliphatic heterocycles. The molecule has 0 radical (unpaired) electrons. The molecule has 0 fully saturated rings. The Balaban J connectivity index is 2.05. The first-order chi connectivity index (χ1) is 10.1. The number of rotatable bonds is 2. The van der Waals surface area contributed by atoms with Gasteiger partial charge in [0.15, 0.2) is 0 Å². The third kappa shape index (κ3) is 2.25. The van der Waals surface area contributed by atoms with E-state index in [1.54, 1.807) is 36.4 Å². The highest BCUT2D eigenvalue weighted by Gasteiger charge is 2.38. The Morgan fingerprint density at radius 2 is 1.48 bits per heavy atom. The molecule has 4 nitrogen and oxygen atoms in total. The molecule has 21 heavy (non-hydrogen) atoms. The molecular formula is C16H10BrNO3. The maximum Gasteiger partial charge on any atom is 0.273 e. The summed E-state index contributed by atoms with van der Waals surface area (Å²) in [7, 11) is 0. The Labute approximate surface area is 129 Å². The molecule has 3 rings (SSSR count). The van der Waals surface area contributed by atoms with Gasteiger partial charge in [-0.2, -0.15) is 0 Å². The lowest BCUT2D eigenvalue weighted by Crippen LogP contribution is -2.30. The Hall–Kier alpha value is -2.40. The van der Waals surface area contributed by atoms with E-state index < -0.39 is 5.91 Å². The van der Waals surface area contributed by atoms with Crippen molar-refractivity contribution in [3.8, 4) is 5.75 Å². The van der Waals surface area contributed by atoms with Crippen molar-refractivity contribution < 1.29 is 14.7 Å². The third-order valence-corrected chi connectivity index (χ3v) is 3.93. The lowest BCUT2D eigenvalue weighted by molar-refractivity contribution is -0.119. The number of benzene rings is 2. The average Bonchev–Trinajstić information content (AvgIpc) is 2.72. The minimum Gasteiger partial charge on any atom is -0.508 e. The Kier molecular flexibility index (Phi) is 3.35.